The number of carbonyl (C=O) groups excluding carboxylic acids is 1. The number of carbonyl (C=O) groups is 1. The summed E-state index contributed by atoms with van der Waals surface area (Å²) in [5.41, 5.74) is 6.21. The van der Waals surface area contributed by atoms with Crippen molar-refractivity contribution < 1.29 is 9.53 Å². The highest BCUT2D eigenvalue weighted by atomic mass is 16.5. The number of unbranched alkanes of at least 4 members (excludes halogenated alkanes) is 5. The number of rotatable bonds is 12. The van der Waals surface area contributed by atoms with E-state index in [-0.39, 0.29) is 5.97 Å². The van der Waals surface area contributed by atoms with Gasteiger partial charge in [0.05, 0.1) is 12.2 Å². The van der Waals surface area contributed by atoms with Crippen LogP contribution in [0.15, 0.2) is 36.4 Å². The molecule has 0 saturated carbocycles. The lowest BCUT2D eigenvalue weighted by molar-refractivity contribution is 0.0526. The quantitative estimate of drug-likeness (QED) is 0.192. The Kier molecular flexibility index (Phi) is 11.7. The van der Waals surface area contributed by atoms with Crippen LogP contribution in [0.25, 0.3) is 11.1 Å². The van der Waals surface area contributed by atoms with E-state index < -0.39 is 0 Å². The lowest BCUT2D eigenvalue weighted by Gasteiger charge is -2.20. The summed E-state index contributed by atoms with van der Waals surface area (Å²) in [6.45, 7) is 8.86. The minimum Gasteiger partial charge on any atom is -0.462 e. The first-order valence-corrected chi connectivity index (χ1v) is 12.6. The lowest BCUT2D eigenvalue weighted by atomic mass is 9.84. The second-order valence-electron chi connectivity index (χ2n) is 8.36. The molecule has 2 heteroatoms. The van der Waals surface area contributed by atoms with Crippen molar-refractivity contribution in [1.29, 1.82) is 0 Å². The molecule has 2 nitrogen and oxygen atoms in total. The van der Waals surface area contributed by atoms with E-state index >= 15 is 0 Å². The van der Waals surface area contributed by atoms with Crippen LogP contribution >= 0.6 is 0 Å². The zero-order valence-corrected chi connectivity index (χ0v) is 20.6. The van der Waals surface area contributed by atoms with E-state index in [4.69, 9.17) is 4.74 Å². The molecule has 0 radical (unpaired) electrons. The maximum absolute atomic E-state index is 13.3. The average Bonchev–Trinajstić information content (AvgIpc) is 2.81. The Morgan fingerprint density at radius 3 is 2.25 bits per heavy atom. The lowest BCUT2D eigenvalue weighted by Crippen LogP contribution is -2.14. The van der Waals surface area contributed by atoms with Crippen molar-refractivity contribution >= 4 is 5.97 Å². The Morgan fingerprint density at radius 1 is 0.875 bits per heavy atom. The minimum atomic E-state index is -0.228. The van der Waals surface area contributed by atoms with Gasteiger partial charge in [0.25, 0.3) is 0 Å². The van der Waals surface area contributed by atoms with Gasteiger partial charge in [0.2, 0.25) is 0 Å². The van der Waals surface area contributed by atoms with Crippen LogP contribution in [0.5, 0.6) is 0 Å². The third-order valence-corrected chi connectivity index (χ3v) is 5.78. The van der Waals surface area contributed by atoms with Crippen LogP contribution < -0.4 is 0 Å². The van der Waals surface area contributed by atoms with Gasteiger partial charge in [-0.2, -0.15) is 0 Å². The maximum Gasteiger partial charge on any atom is 0.339 e. The largest absolute Gasteiger partial charge is 0.462 e. The van der Waals surface area contributed by atoms with Gasteiger partial charge in [-0.3, -0.25) is 0 Å². The Morgan fingerprint density at radius 2 is 1.59 bits per heavy atom. The third kappa shape index (κ3) is 7.27. The van der Waals surface area contributed by atoms with Crippen molar-refractivity contribution in [2.45, 2.75) is 91.9 Å². The normalized spacial score (nSPS) is 10.5. The smallest absolute Gasteiger partial charge is 0.339 e. The molecule has 2 aromatic rings. The van der Waals surface area contributed by atoms with E-state index in [1.165, 1.54) is 18.4 Å². The SMILES string of the molecule is CCCCC#Cc1c(CCCCC)cc(-c2ccccc2)c(C(=O)OCC)c1CCCC. The molecule has 0 aliphatic rings. The molecule has 0 atom stereocenters. The maximum atomic E-state index is 13.3. The van der Waals surface area contributed by atoms with E-state index in [9.17, 15) is 4.79 Å². The molecule has 0 unspecified atom stereocenters. The van der Waals surface area contributed by atoms with Crippen molar-refractivity contribution in [3.8, 4) is 23.0 Å². The summed E-state index contributed by atoms with van der Waals surface area (Å²) in [4.78, 5) is 13.3. The number of aryl methyl sites for hydroxylation is 1. The first-order chi connectivity index (χ1) is 15.7. The van der Waals surface area contributed by atoms with Crippen LogP contribution in [0.1, 0.15) is 106 Å². The van der Waals surface area contributed by atoms with Crippen molar-refractivity contribution in [3.05, 3.63) is 58.7 Å². The van der Waals surface area contributed by atoms with Crippen molar-refractivity contribution in [2.24, 2.45) is 0 Å². The first kappa shape index (κ1) is 25.7. The number of esters is 1. The van der Waals surface area contributed by atoms with Gasteiger partial charge in [-0.25, -0.2) is 4.79 Å². The fourth-order valence-electron chi connectivity index (χ4n) is 4.02. The number of ether oxygens (including phenoxy) is 1. The number of hydrogen-bond donors (Lipinski definition) is 0. The molecule has 0 heterocycles. The Bertz CT molecular complexity index is 900. The molecule has 32 heavy (non-hydrogen) atoms. The van der Waals surface area contributed by atoms with Gasteiger partial charge >= 0.3 is 5.97 Å². The van der Waals surface area contributed by atoms with Gasteiger partial charge in [-0.15, -0.1) is 0 Å². The van der Waals surface area contributed by atoms with Gasteiger partial charge in [0.15, 0.2) is 0 Å². The summed E-state index contributed by atoms with van der Waals surface area (Å²) >= 11 is 0. The standard InChI is InChI=1S/C30H40O2/c1-5-9-12-17-22-26-25(20-14-10-6-2)23-28(24-18-15-13-16-19-24)29(30(31)32-8-4)27(26)21-11-7-3/h13,15-16,18-19,23H,5-12,14,20-21H2,1-4H3. The van der Waals surface area contributed by atoms with Crippen molar-refractivity contribution in [2.75, 3.05) is 6.61 Å². The van der Waals surface area contributed by atoms with Crippen molar-refractivity contribution in [3.63, 3.8) is 0 Å². The summed E-state index contributed by atoms with van der Waals surface area (Å²) in [6.07, 6.45) is 10.6. The molecule has 0 aliphatic carbocycles. The highest BCUT2D eigenvalue weighted by Gasteiger charge is 2.23. The number of benzene rings is 2. The molecule has 0 spiro atoms. The third-order valence-electron chi connectivity index (χ3n) is 5.78. The summed E-state index contributed by atoms with van der Waals surface area (Å²) in [7, 11) is 0. The molecule has 0 saturated heterocycles. The molecule has 172 valence electrons. The molecule has 0 fully saturated rings. The van der Waals surface area contributed by atoms with Crippen LogP contribution in [0.2, 0.25) is 0 Å². The average molecular weight is 433 g/mol. The number of hydrogen-bond acceptors (Lipinski definition) is 2. The predicted octanol–water partition coefficient (Wildman–Crippen LogP) is 8.15. The highest BCUT2D eigenvalue weighted by molar-refractivity contribution is 6.00. The molecule has 0 N–H and O–H groups in total. The van der Waals surface area contributed by atoms with Crippen molar-refractivity contribution in [1.82, 2.24) is 0 Å². The van der Waals surface area contributed by atoms with E-state index in [2.05, 4.69) is 50.8 Å². The monoisotopic (exact) mass is 432 g/mol. The minimum absolute atomic E-state index is 0.228. The molecular weight excluding hydrogens is 392 g/mol. The van der Waals surface area contributed by atoms with Gasteiger partial charge in [0, 0.05) is 12.0 Å². The summed E-state index contributed by atoms with van der Waals surface area (Å²) in [6, 6.07) is 12.5. The highest BCUT2D eigenvalue weighted by Crippen LogP contribution is 2.34. The second kappa shape index (κ2) is 14.5. The van der Waals surface area contributed by atoms with Crippen LogP contribution in [0, 0.1) is 11.8 Å². The molecule has 0 bridgehead atoms. The zero-order chi connectivity index (χ0) is 23.2. The van der Waals surface area contributed by atoms with E-state index in [0.717, 1.165) is 73.6 Å². The zero-order valence-electron chi connectivity index (χ0n) is 20.6. The molecule has 0 aromatic heterocycles. The van der Waals surface area contributed by atoms with Gasteiger partial charge in [-0.05, 0) is 67.3 Å². The van der Waals surface area contributed by atoms with Gasteiger partial charge < -0.3 is 4.74 Å². The first-order valence-electron chi connectivity index (χ1n) is 12.6. The van der Waals surface area contributed by atoms with E-state index in [1.54, 1.807) is 0 Å². The summed E-state index contributed by atoms with van der Waals surface area (Å²) in [5, 5.41) is 0. The fraction of sp³-hybridized carbons (Fsp3) is 0.500. The van der Waals surface area contributed by atoms with Gasteiger partial charge in [0.1, 0.15) is 0 Å². The molecule has 0 aliphatic heterocycles. The fourth-order valence-corrected chi connectivity index (χ4v) is 4.02. The molecular formula is C30H40O2. The van der Waals surface area contributed by atoms with Gasteiger partial charge in [-0.1, -0.05) is 88.6 Å². The van der Waals surface area contributed by atoms with Crippen LogP contribution in [-0.4, -0.2) is 12.6 Å². The molecule has 2 aromatic carbocycles. The Balaban J connectivity index is 2.77. The summed E-state index contributed by atoms with van der Waals surface area (Å²) in [5.74, 6) is 6.69. The molecule has 2 rings (SSSR count). The van der Waals surface area contributed by atoms with Crippen LogP contribution in [0.4, 0.5) is 0 Å². The molecule has 0 amide bonds. The summed E-state index contributed by atoms with van der Waals surface area (Å²) < 4.78 is 5.56. The van der Waals surface area contributed by atoms with Crippen LogP contribution in [0.3, 0.4) is 0 Å². The second-order valence-corrected chi connectivity index (χ2v) is 8.36. The van der Waals surface area contributed by atoms with E-state index in [1.807, 2.05) is 25.1 Å². The van der Waals surface area contributed by atoms with Crippen LogP contribution in [-0.2, 0) is 17.6 Å². The van der Waals surface area contributed by atoms with E-state index in [0.29, 0.717) is 12.2 Å². The predicted molar refractivity (Wildman–Crippen MR) is 136 cm³/mol. The topological polar surface area (TPSA) is 26.3 Å². The Labute approximate surface area is 195 Å². The Hall–Kier alpha value is -2.53.